The summed E-state index contributed by atoms with van der Waals surface area (Å²) in [7, 11) is 0. The van der Waals surface area contributed by atoms with E-state index in [0.717, 1.165) is 69.5 Å². The molecule has 9 heteroatoms. The monoisotopic (exact) mass is 524 g/mol. The number of carboxylic acids is 1. The lowest BCUT2D eigenvalue weighted by Gasteiger charge is -2.21. The van der Waals surface area contributed by atoms with Crippen LogP contribution < -0.4 is 10.6 Å². The molecule has 38 heavy (non-hydrogen) atoms. The summed E-state index contributed by atoms with van der Waals surface area (Å²) < 4.78 is 0. The summed E-state index contributed by atoms with van der Waals surface area (Å²) in [5.41, 5.74) is 2.05. The van der Waals surface area contributed by atoms with Gasteiger partial charge in [0, 0.05) is 50.8 Å². The van der Waals surface area contributed by atoms with Crippen LogP contribution in [0.4, 0.5) is 4.79 Å². The average molecular weight is 525 g/mol. The first-order valence-electron chi connectivity index (χ1n) is 13.6. The molecule has 0 saturated carbocycles. The maximum atomic E-state index is 12.3. The number of amides is 2. The summed E-state index contributed by atoms with van der Waals surface area (Å²) in [6.07, 6.45) is 10.5. The first kappa shape index (κ1) is 30.9. The van der Waals surface area contributed by atoms with Crippen LogP contribution in [-0.2, 0) is 22.7 Å². The quantitative estimate of drug-likeness (QED) is 0.211. The lowest BCUT2D eigenvalue weighted by Crippen LogP contribution is -2.39. The van der Waals surface area contributed by atoms with Gasteiger partial charge in [0.15, 0.2) is 0 Å². The van der Waals surface area contributed by atoms with Crippen molar-refractivity contribution in [3.8, 4) is 0 Å². The predicted octanol–water partition coefficient (Wildman–Crippen LogP) is 4.88. The van der Waals surface area contributed by atoms with Crippen molar-refractivity contribution in [3.63, 3.8) is 0 Å². The maximum absolute atomic E-state index is 12.3. The molecule has 0 aliphatic carbocycles. The van der Waals surface area contributed by atoms with Crippen molar-refractivity contribution in [2.45, 2.75) is 90.3 Å². The fourth-order valence-electron chi connectivity index (χ4n) is 4.03. The largest absolute Gasteiger partial charge is 0.481 e. The number of rotatable bonds is 20. The lowest BCUT2D eigenvalue weighted by molar-refractivity contribution is -0.137. The van der Waals surface area contributed by atoms with Crippen LogP contribution in [0.2, 0.25) is 0 Å². The van der Waals surface area contributed by atoms with Gasteiger partial charge in [-0.25, -0.2) is 4.79 Å². The molecule has 207 valence electrons. The zero-order chi connectivity index (χ0) is 27.4. The van der Waals surface area contributed by atoms with E-state index in [-0.39, 0.29) is 18.5 Å². The smallest absolute Gasteiger partial charge is 0.315 e. The number of aromatic nitrogens is 2. The number of pyridine rings is 2. The zero-order valence-corrected chi connectivity index (χ0v) is 22.5. The second-order valence-electron chi connectivity index (χ2n) is 9.60. The molecule has 0 saturated heterocycles. The van der Waals surface area contributed by atoms with Crippen LogP contribution in [0.25, 0.3) is 0 Å². The van der Waals surface area contributed by atoms with Crippen LogP contribution in [0.3, 0.4) is 0 Å². The Kier molecular flexibility index (Phi) is 15.3. The number of nitrogens with zero attached hydrogens (tertiary/aromatic N) is 3. The minimum atomic E-state index is -0.871. The molecular formula is C29H42N5O4. The molecule has 1 radical (unpaired) electrons. The van der Waals surface area contributed by atoms with Crippen LogP contribution in [0, 0.1) is 6.54 Å². The minimum Gasteiger partial charge on any atom is -0.481 e. The van der Waals surface area contributed by atoms with Crippen molar-refractivity contribution < 1.29 is 19.5 Å². The summed E-state index contributed by atoms with van der Waals surface area (Å²) in [6.45, 7) is 5.88. The second kappa shape index (κ2) is 18.8. The molecule has 0 aromatic carbocycles. The molecule has 2 aromatic rings. The number of unbranched alkanes of at least 4 members (excludes halogenated alkanes) is 4. The topological polar surface area (TPSA) is 125 Å². The van der Waals surface area contributed by atoms with E-state index in [2.05, 4.69) is 25.5 Å². The first-order valence-corrected chi connectivity index (χ1v) is 13.6. The molecule has 0 aliphatic heterocycles. The third kappa shape index (κ3) is 15.0. The Morgan fingerprint density at radius 2 is 1.53 bits per heavy atom. The number of carbonyl (C=O) groups excluding carboxylic acids is 2. The third-order valence-electron chi connectivity index (χ3n) is 6.11. The van der Waals surface area contributed by atoms with E-state index in [0.29, 0.717) is 25.0 Å². The van der Waals surface area contributed by atoms with Crippen LogP contribution in [-0.4, -0.2) is 50.3 Å². The summed E-state index contributed by atoms with van der Waals surface area (Å²) in [5.74, 6) is -0.563. The number of hydrogen-bond acceptors (Lipinski definition) is 6. The Morgan fingerprint density at radius 3 is 2.11 bits per heavy atom. The Morgan fingerprint density at radius 1 is 0.895 bits per heavy atom. The third-order valence-corrected chi connectivity index (χ3v) is 6.11. The molecule has 0 fully saturated rings. The predicted molar refractivity (Wildman–Crippen MR) is 147 cm³/mol. The number of hydrogen-bond donors (Lipinski definition) is 3. The summed E-state index contributed by atoms with van der Waals surface area (Å²) >= 11 is 0. The van der Waals surface area contributed by atoms with Gasteiger partial charge in [-0.1, -0.05) is 25.0 Å². The van der Waals surface area contributed by atoms with E-state index in [1.54, 1.807) is 13.5 Å². The molecular weight excluding hydrogens is 482 g/mol. The fourth-order valence-corrected chi connectivity index (χ4v) is 4.03. The van der Waals surface area contributed by atoms with Crippen molar-refractivity contribution >= 4 is 17.8 Å². The van der Waals surface area contributed by atoms with Crippen LogP contribution in [0.5, 0.6) is 0 Å². The molecule has 0 aliphatic rings. The highest BCUT2D eigenvalue weighted by molar-refractivity contribution is 5.78. The van der Waals surface area contributed by atoms with Crippen LogP contribution in [0.1, 0.15) is 82.5 Å². The van der Waals surface area contributed by atoms with Gasteiger partial charge in [-0.3, -0.25) is 24.5 Å². The Labute approximate surface area is 226 Å². The first-order chi connectivity index (χ1) is 18.4. The number of urea groups is 1. The molecule has 1 unspecified atom stereocenters. The van der Waals surface area contributed by atoms with Gasteiger partial charge in [0.25, 0.3) is 0 Å². The van der Waals surface area contributed by atoms with Crippen LogP contribution in [0.15, 0.2) is 48.8 Å². The summed E-state index contributed by atoms with van der Waals surface area (Å²) in [4.78, 5) is 45.9. The van der Waals surface area contributed by atoms with Gasteiger partial charge in [-0.05, 0) is 69.8 Å². The summed E-state index contributed by atoms with van der Waals surface area (Å²) in [6, 6.07) is 11.4. The number of ketones is 1. The fraction of sp³-hybridized carbons (Fsp3) is 0.517. The van der Waals surface area contributed by atoms with Gasteiger partial charge >= 0.3 is 12.0 Å². The molecule has 2 aromatic heterocycles. The molecule has 1 atom stereocenters. The molecule has 2 amide bonds. The van der Waals surface area contributed by atoms with Crippen molar-refractivity contribution in [1.29, 1.82) is 0 Å². The van der Waals surface area contributed by atoms with Gasteiger partial charge in [0.05, 0.1) is 17.9 Å². The van der Waals surface area contributed by atoms with E-state index in [4.69, 9.17) is 5.11 Å². The normalized spacial score (nSPS) is 11.7. The van der Waals surface area contributed by atoms with Gasteiger partial charge in [0.1, 0.15) is 5.78 Å². The highest BCUT2D eigenvalue weighted by atomic mass is 16.4. The SMILES string of the molecule is CC(CCC(=O)O)NC(=O)N[CH]CCCCCC(=O)CCCCN(Cc1ccccn1)Cc1ccccn1. The second-order valence-corrected chi connectivity index (χ2v) is 9.60. The maximum Gasteiger partial charge on any atom is 0.315 e. The number of aliphatic carboxylic acids is 1. The summed E-state index contributed by atoms with van der Waals surface area (Å²) in [5, 5.41) is 14.1. The van der Waals surface area contributed by atoms with Crippen molar-refractivity contribution in [1.82, 2.24) is 25.5 Å². The molecule has 2 rings (SSSR count). The lowest BCUT2D eigenvalue weighted by atomic mass is 10.1. The van der Waals surface area contributed by atoms with Crippen LogP contribution >= 0.6 is 0 Å². The van der Waals surface area contributed by atoms with Gasteiger partial charge in [-0.15, -0.1) is 0 Å². The number of carboxylic acid groups (broad SMARTS) is 1. The molecule has 9 nitrogen and oxygen atoms in total. The van der Waals surface area contributed by atoms with Crippen molar-refractivity contribution in [2.75, 3.05) is 6.54 Å². The van der Waals surface area contributed by atoms with E-state index >= 15 is 0 Å². The highest BCUT2D eigenvalue weighted by Gasteiger charge is 2.10. The van der Waals surface area contributed by atoms with Crippen molar-refractivity contribution in [3.05, 3.63) is 66.7 Å². The Balaban J connectivity index is 1.53. The number of Topliss-reactive ketones (excluding diaryl/α,β-unsaturated/α-hetero) is 1. The van der Waals surface area contributed by atoms with E-state index in [1.165, 1.54) is 0 Å². The van der Waals surface area contributed by atoms with Crippen molar-refractivity contribution in [2.24, 2.45) is 0 Å². The molecule has 3 N–H and O–H groups in total. The van der Waals surface area contributed by atoms with Gasteiger partial charge in [-0.2, -0.15) is 0 Å². The van der Waals surface area contributed by atoms with E-state index in [9.17, 15) is 14.4 Å². The Hall–Kier alpha value is -3.33. The molecule has 2 heterocycles. The van der Waals surface area contributed by atoms with E-state index < -0.39 is 5.97 Å². The number of nitrogens with one attached hydrogen (secondary N) is 2. The molecule has 0 spiro atoms. The van der Waals surface area contributed by atoms with E-state index in [1.807, 2.05) is 48.8 Å². The molecule has 0 bridgehead atoms. The Bertz CT molecular complexity index is 901. The minimum absolute atomic E-state index is 0.0280. The van der Waals surface area contributed by atoms with Gasteiger partial charge in [0.2, 0.25) is 0 Å². The average Bonchev–Trinajstić information content (AvgIpc) is 2.90. The highest BCUT2D eigenvalue weighted by Crippen LogP contribution is 2.11. The zero-order valence-electron chi connectivity index (χ0n) is 22.5. The number of carbonyl (C=O) groups is 3. The standard InChI is InChI=1S/C29H42N5O4/c1-24(16-17-28(36)37)33-29(38)32-20-8-3-2-4-14-27(35)15-7-11-21-34(22-25-12-5-9-18-30-25)23-26-13-6-10-19-31-26/h5-6,9-10,12-13,18-20,24H,2-4,7-8,11,14-17,21-23H2,1H3,(H,36,37)(H2,32,33,38). The van der Waals surface area contributed by atoms with Gasteiger partial charge < -0.3 is 15.7 Å².